The second-order valence-corrected chi connectivity index (χ2v) is 4.79. The van der Waals surface area contributed by atoms with Gasteiger partial charge in [-0.1, -0.05) is 12.1 Å². The molecule has 3 rings (SSSR count). The first-order chi connectivity index (χ1) is 8.85. The number of imidazole rings is 1. The molecule has 18 heavy (non-hydrogen) atoms. The van der Waals surface area contributed by atoms with Gasteiger partial charge in [0.2, 0.25) is 0 Å². The van der Waals surface area contributed by atoms with Crippen LogP contribution in [0.15, 0.2) is 30.7 Å². The van der Waals surface area contributed by atoms with Crippen LogP contribution in [0.3, 0.4) is 0 Å². The summed E-state index contributed by atoms with van der Waals surface area (Å²) in [6, 6.07) is 6.47. The summed E-state index contributed by atoms with van der Waals surface area (Å²) in [4.78, 5) is 4.22. The van der Waals surface area contributed by atoms with Crippen LogP contribution in [0.4, 0.5) is 0 Å². The maximum atomic E-state index is 5.73. The summed E-state index contributed by atoms with van der Waals surface area (Å²) in [6.45, 7) is 1.75. The van der Waals surface area contributed by atoms with Gasteiger partial charge in [-0.3, -0.25) is 0 Å². The zero-order valence-corrected chi connectivity index (χ0v) is 10.9. The van der Waals surface area contributed by atoms with E-state index in [2.05, 4.69) is 27.8 Å². The number of hydrogen-bond donors (Lipinski definition) is 0. The van der Waals surface area contributed by atoms with E-state index in [0.29, 0.717) is 5.88 Å². The van der Waals surface area contributed by atoms with Gasteiger partial charge in [0, 0.05) is 19.2 Å². The third-order valence-corrected chi connectivity index (χ3v) is 3.51. The molecule has 0 radical (unpaired) electrons. The zero-order chi connectivity index (χ0) is 12.4. The van der Waals surface area contributed by atoms with Crippen LogP contribution in [0.2, 0.25) is 0 Å². The average molecular weight is 263 g/mol. The second-order valence-electron chi connectivity index (χ2n) is 4.53. The number of alkyl halides is 1. The Morgan fingerprint density at radius 1 is 1.39 bits per heavy atom. The molecule has 0 atom stereocenters. The van der Waals surface area contributed by atoms with Crippen LogP contribution in [0.1, 0.15) is 16.8 Å². The summed E-state index contributed by atoms with van der Waals surface area (Å²) in [7, 11) is 0. The molecule has 0 unspecified atom stereocenters. The van der Waals surface area contributed by atoms with Crippen molar-refractivity contribution < 1.29 is 4.74 Å². The predicted octanol–water partition coefficient (Wildman–Crippen LogP) is 2.80. The lowest BCUT2D eigenvalue weighted by Crippen LogP contribution is -1.98. The van der Waals surface area contributed by atoms with Crippen molar-refractivity contribution in [3.63, 3.8) is 0 Å². The molecule has 1 aromatic carbocycles. The van der Waals surface area contributed by atoms with E-state index in [4.69, 9.17) is 16.3 Å². The van der Waals surface area contributed by atoms with E-state index in [1.165, 1.54) is 11.1 Å². The topological polar surface area (TPSA) is 27.1 Å². The Bertz CT molecular complexity index is 550. The van der Waals surface area contributed by atoms with E-state index in [1.54, 1.807) is 0 Å². The minimum Gasteiger partial charge on any atom is -0.493 e. The zero-order valence-electron chi connectivity index (χ0n) is 10.1. The largest absolute Gasteiger partial charge is 0.493 e. The van der Waals surface area contributed by atoms with Crippen molar-refractivity contribution in [2.75, 3.05) is 6.61 Å². The van der Waals surface area contributed by atoms with Crippen LogP contribution in [0.5, 0.6) is 5.75 Å². The standard InChI is InChI=1S/C14H15ClN2O/c15-8-13-9-17(10-16-13)5-3-11-1-2-14-12(7-11)4-6-18-14/h1-2,7,9-10H,3-6,8H2. The van der Waals surface area contributed by atoms with Crippen LogP contribution in [-0.4, -0.2) is 16.2 Å². The minimum absolute atomic E-state index is 0.475. The Balaban J connectivity index is 1.66. The molecule has 3 nitrogen and oxygen atoms in total. The highest BCUT2D eigenvalue weighted by molar-refractivity contribution is 6.16. The van der Waals surface area contributed by atoms with E-state index >= 15 is 0 Å². The molecule has 1 aromatic heterocycles. The maximum Gasteiger partial charge on any atom is 0.122 e. The molecule has 1 aliphatic heterocycles. The van der Waals surface area contributed by atoms with Crippen molar-refractivity contribution in [3.8, 4) is 5.75 Å². The summed E-state index contributed by atoms with van der Waals surface area (Å²) in [6.07, 6.45) is 5.88. The SMILES string of the molecule is ClCc1cn(CCc2ccc3c(c2)CCO3)cn1. The predicted molar refractivity (Wildman–Crippen MR) is 71.1 cm³/mol. The fourth-order valence-corrected chi connectivity index (χ4v) is 2.39. The first-order valence-corrected chi connectivity index (χ1v) is 6.70. The number of benzene rings is 1. The molecule has 0 bridgehead atoms. The molecule has 0 saturated carbocycles. The van der Waals surface area contributed by atoms with E-state index in [0.717, 1.165) is 37.4 Å². The van der Waals surface area contributed by atoms with Gasteiger partial charge in [-0.05, 0) is 23.6 Å². The van der Waals surface area contributed by atoms with Gasteiger partial charge in [0.15, 0.2) is 0 Å². The quantitative estimate of drug-likeness (QED) is 0.793. The summed E-state index contributed by atoms with van der Waals surface area (Å²) in [5, 5.41) is 0. The van der Waals surface area contributed by atoms with Gasteiger partial charge in [-0.25, -0.2) is 4.98 Å². The van der Waals surface area contributed by atoms with Crippen LogP contribution < -0.4 is 4.74 Å². The highest BCUT2D eigenvalue weighted by Crippen LogP contribution is 2.26. The molecule has 2 aromatic rings. The fraction of sp³-hybridized carbons (Fsp3) is 0.357. The van der Waals surface area contributed by atoms with Gasteiger partial charge in [0.25, 0.3) is 0 Å². The number of fused-ring (bicyclic) bond motifs is 1. The number of rotatable bonds is 4. The average Bonchev–Trinajstić information content (AvgIpc) is 3.04. The first-order valence-electron chi connectivity index (χ1n) is 6.16. The Morgan fingerprint density at radius 3 is 3.17 bits per heavy atom. The van der Waals surface area contributed by atoms with Crippen molar-refractivity contribution in [1.82, 2.24) is 9.55 Å². The lowest BCUT2D eigenvalue weighted by molar-refractivity contribution is 0.357. The van der Waals surface area contributed by atoms with E-state index in [-0.39, 0.29) is 0 Å². The number of hydrogen-bond acceptors (Lipinski definition) is 2. The summed E-state index contributed by atoms with van der Waals surface area (Å²) in [5.74, 6) is 1.52. The van der Waals surface area contributed by atoms with Crippen LogP contribution in [-0.2, 0) is 25.3 Å². The van der Waals surface area contributed by atoms with Crippen molar-refractivity contribution in [3.05, 3.63) is 47.5 Å². The Kier molecular flexibility index (Phi) is 3.24. The monoisotopic (exact) mass is 262 g/mol. The number of aryl methyl sites for hydroxylation is 2. The summed E-state index contributed by atoms with van der Waals surface area (Å²) < 4.78 is 7.59. The smallest absolute Gasteiger partial charge is 0.122 e. The van der Waals surface area contributed by atoms with Gasteiger partial charge in [-0.15, -0.1) is 11.6 Å². The van der Waals surface area contributed by atoms with Crippen molar-refractivity contribution in [1.29, 1.82) is 0 Å². The van der Waals surface area contributed by atoms with Gasteiger partial charge in [0.05, 0.1) is 24.5 Å². The van der Waals surface area contributed by atoms with E-state index < -0.39 is 0 Å². The normalized spacial score (nSPS) is 13.4. The van der Waals surface area contributed by atoms with Crippen molar-refractivity contribution in [2.45, 2.75) is 25.3 Å². The molecular weight excluding hydrogens is 248 g/mol. The first kappa shape index (κ1) is 11.6. The molecule has 0 fully saturated rings. The molecule has 0 N–H and O–H groups in total. The number of nitrogens with zero attached hydrogens (tertiary/aromatic N) is 2. The lowest BCUT2D eigenvalue weighted by Gasteiger charge is -2.05. The minimum atomic E-state index is 0.475. The second kappa shape index (κ2) is 5.02. The Labute approximate surface area is 111 Å². The molecule has 4 heteroatoms. The molecule has 1 aliphatic rings. The Morgan fingerprint density at radius 2 is 2.33 bits per heavy atom. The third kappa shape index (κ3) is 2.36. The molecule has 94 valence electrons. The molecule has 0 saturated heterocycles. The Hall–Kier alpha value is -1.48. The third-order valence-electron chi connectivity index (χ3n) is 3.24. The van der Waals surface area contributed by atoms with Crippen LogP contribution in [0.25, 0.3) is 0 Å². The molecule has 2 heterocycles. The van der Waals surface area contributed by atoms with Crippen LogP contribution >= 0.6 is 11.6 Å². The van der Waals surface area contributed by atoms with Gasteiger partial charge in [0.1, 0.15) is 5.75 Å². The number of aromatic nitrogens is 2. The molecule has 0 aliphatic carbocycles. The lowest BCUT2D eigenvalue weighted by atomic mass is 10.1. The van der Waals surface area contributed by atoms with Gasteiger partial charge < -0.3 is 9.30 Å². The molecule has 0 amide bonds. The van der Waals surface area contributed by atoms with Crippen LogP contribution in [0, 0.1) is 0 Å². The number of ether oxygens (including phenoxy) is 1. The maximum absolute atomic E-state index is 5.73. The fourth-order valence-electron chi connectivity index (χ4n) is 2.25. The van der Waals surface area contributed by atoms with Gasteiger partial charge >= 0.3 is 0 Å². The highest BCUT2D eigenvalue weighted by Gasteiger charge is 2.11. The van der Waals surface area contributed by atoms with Crippen molar-refractivity contribution >= 4 is 11.6 Å². The van der Waals surface area contributed by atoms with E-state index in [9.17, 15) is 0 Å². The highest BCUT2D eigenvalue weighted by atomic mass is 35.5. The molecule has 0 spiro atoms. The van der Waals surface area contributed by atoms with Gasteiger partial charge in [-0.2, -0.15) is 0 Å². The summed E-state index contributed by atoms with van der Waals surface area (Å²) in [5.41, 5.74) is 3.61. The summed E-state index contributed by atoms with van der Waals surface area (Å²) >= 11 is 5.73. The molecular formula is C14H15ClN2O. The van der Waals surface area contributed by atoms with Crippen molar-refractivity contribution in [2.24, 2.45) is 0 Å². The number of halogens is 1. The van der Waals surface area contributed by atoms with E-state index in [1.807, 2.05) is 12.5 Å².